The Labute approximate surface area is 126 Å². The number of nitrogens with two attached hydrogens (primary N) is 1. The van der Waals surface area contributed by atoms with Crippen molar-refractivity contribution < 1.29 is 14.2 Å². The van der Waals surface area contributed by atoms with Crippen LogP contribution in [0.2, 0.25) is 0 Å². The van der Waals surface area contributed by atoms with Gasteiger partial charge in [0.1, 0.15) is 12.4 Å². The van der Waals surface area contributed by atoms with Gasteiger partial charge in [0.2, 0.25) is 0 Å². The molecule has 0 saturated heterocycles. The molecule has 106 valence electrons. The number of nitrogen functional groups attached to an aromatic ring is 1. The van der Waals surface area contributed by atoms with Gasteiger partial charge in [-0.15, -0.1) is 0 Å². The molecule has 0 aliphatic heterocycles. The number of halogens is 1. The van der Waals surface area contributed by atoms with Gasteiger partial charge in [0.25, 0.3) is 0 Å². The fourth-order valence-corrected chi connectivity index (χ4v) is 2.23. The second kappa shape index (κ2) is 6.52. The lowest BCUT2D eigenvalue weighted by Gasteiger charge is -2.13. The van der Waals surface area contributed by atoms with Gasteiger partial charge >= 0.3 is 0 Å². The molecule has 0 saturated carbocycles. The zero-order valence-corrected chi connectivity index (χ0v) is 12.9. The van der Waals surface area contributed by atoms with Crippen molar-refractivity contribution in [1.29, 1.82) is 0 Å². The molecular weight excluding hydrogens is 322 g/mol. The van der Waals surface area contributed by atoms with Crippen LogP contribution in [0.5, 0.6) is 17.2 Å². The molecule has 5 heteroatoms. The molecule has 0 spiro atoms. The summed E-state index contributed by atoms with van der Waals surface area (Å²) < 4.78 is 17.3. The summed E-state index contributed by atoms with van der Waals surface area (Å²) in [6.07, 6.45) is 0. The predicted octanol–water partition coefficient (Wildman–Crippen LogP) is 3.63. The van der Waals surface area contributed by atoms with Gasteiger partial charge in [0.05, 0.1) is 14.2 Å². The van der Waals surface area contributed by atoms with Crippen LogP contribution in [0.1, 0.15) is 5.56 Å². The van der Waals surface area contributed by atoms with E-state index in [0.29, 0.717) is 23.8 Å². The van der Waals surface area contributed by atoms with Crippen molar-refractivity contribution >= 4 is 21.6 Å². The third-order valence-electron chi connectivity index (χ3n) is 2.81. The van der Waals surface area contributed by atoms with Crippen molar-refractivity contribution in [3.05, 3.63) is 46.4 Å². The molecule has 4 nitrogen and oxygen atoms in total. The second-order valence-electron chi connectivity index (χ2n) is 4.16. The Bertz CT molecular complexity index is 602. The van der Waals surface area contributed by atoms with Gasteiger partial charge in [-0.25, -0.2) is 0 Å². The molecule has 2 aromatic rings. The van der Waals surface area contributed by atoms with Gasteiger partial charge in [-0.1, -0.05) is 15.9 Å². The van der Waals surface area contributed by atoms with Crippen molar-refractivity contribution in [3.63, 3.8) is 0 Å². The topological polar surface area (TPSA) is 53.7 Å². The molecule has 0 aliphatic rings. The predicted molar refractivity (Wildman–Crippen MR) is 82.4 cm³/mol. The molecule has 2 rings (SSSR count). The number of rotatable bonds is 5. The van der Waals surface area contributed by atoms with E-state index in [4.69, 9.17) is 19.9 Å². The number of methoxy groups -OCH3 is 2. The highest BCUT2D eigenvalue weighted by Crippen LogP contribution is 2.31. The number of benzene rings is 2. The van der Waals surface area contributed by atoms with Crippen LogP contribution >= 0.6 is 15.9 Å². The van der Waals surface area contributed by atoms with E-state index in [0.717, 1.165) is 15.8 Å². The summed E-state index contributed by atoms with van der Waals surface area (Å²) >= 11 is 3.44. The number of hydrogen-bond donors (Lipinski definition) is 1. The van der Waals surface area contributed by atoms with Crippen LogP contribution in [0.15, 0.2) is 40.9 Å². The van der Waals surface area contributed by atoms with Gasteiger partial charge in [-0.2, -0.15) is 0 Å². The van der Waals surface area contributed by atoms with Crippen LogP contribution in [-0.2, 0) is 6.61 Å². The molecule has 2 aromatic carbocycles. The first-order valence-corrected chi connectivity index (χ1v) is 6.82. The Morgan fingerprint density at radius 1 is 0.950 bits per heavy atom. The van der Waals surface area contributed by atoms with Crippen molar-refractivity contribution in [2.75, 3.05) is 20.0 Å². The van der Waals surface area contributed by atoms with Crippen LogP contribution in [0.4, 0.5) is 5.69 Å². The standard InChI is InChI=1S/C15H16BrNO3/c1-18-13-5-3-11(16)7-10(13)9-20-14-6-4-12(17)8-15(14)19-2/h3-8H,9,17H2,1-2H3. The highest BCUT2D eigenvalue weighted by molar-refractivity contribution is 9.10. The monoisotopic (exact) mass is 337 g/mol. The Hall–Kier alpha value is -1.88. The molecule has 0 aliphatic carbocycles. The van der Waals surface area contributed by atoms with Crippen LogP contribution < -0.4 is 19.9 Å². The van der Waals surface area contributed by atoms with Gasteiger partial charge in [0, 0.05) is 21.8 Å². The maximum absolute atomic E-state index is 5.79. The fraction of sp³-hybridized carbons (Fsp3) is 0.200. The molecule has 0 bridgehead atoms. The molecule has 0 heterocycles. The minimum absolute atomic E-state index is 0.378. The summed E-state index contributed by atoms with van der Waals surface area (Å²) in [6, 6.07) is 11.1. The lowest BCUT2D eigenvalue weighted by Crippen LogP contribution is -2.00. The van der Waals surface area contributed by atoms with E-state index in [-0.39, 0.29) is 0 Å². The van der Waals surface area contributed by atoms with Crippen molar-refractivity contribution in [2.45, 2.75) is 6.61 Å². The first kappa shape index (κ1) is 14.5. The first-order chi connectivity index (χ1) is 9.63. The van der Waals surface area contributed by atoms with Crippen LogP contribution in [0.3, 0.4) is 0 Å². The third-order valence-corrected chi connectivity index (χ3v) is 3.31. The van der Waals surface area contributed by atoms with Gasteiger partial charge in [0.15, 0.2) is 11.5 Å². The van der Waals surface area contributed by atoms with Crippen LogP contribution in [0.25, 0.3) is 0 Å². The summed E-state index contributed by atoms with van der Waals surface area (Å²) in [5, 5.41) is 0. The zero-order valence-electron chi connectivity index (χ0n) is 11.4. The Morgan fingerprint density at radius 2 is 1.65 bits per heavy atom. The number of hydrogen-bond acceptors (Lipinski definition) is 4. The second-order valence-corrected chi connectivity index (χ2v) is 5.07. The maximum Gasteiger partial charge on any atom is 0.162 e. The quantitative estimate of drug-likeness (QED) is 0.846. The van der Waals surface area contributed by atoms with Crippen LogP contribution in [0, 0.1) is 0 Å². The Morgan fingerprint density at radius 3 is 2.35 bits per heavy atom. The highest BCUT2D eigenvalue weighted by atomic mass is 79.9. The summed E-state index contributed by atoms with van der Waals surface area (Å²) in [6.45, 7) is 0.378. The molecule has 2 N–H and O–H groups in total. The molecule has 0 unspecified atom stereocenters. The first-order valence-electron chi connectivity index (χ1n) is 6.02. The molecule has 0 aromatic heterocycles. The van der Waals surface area contributed by atoms with E-state index in [9.17, 15) is 0 Å². The van der Waals surface area contributed by atoms with Crippen LogP contribution in [-0.4, -0.2) is 14.2 Å². The largest absolute Gasteiger partial charge is 0.496 e. The molecule has 0 radical (unpaired) electrons. The van der Waals surface area contributed by atoms with Gasteiger partial charge < -0.3 is 19.9 Å². The van der Waals surface area contributed by atoms with Crippen molar-refractivity contribution in [2.24, 2.45) is 0 Å². The number of ether oxygens (including phenoxy) is 3. The summed E-state index contributed by atoms with van der Waals surface area (Å²) in [7, 11) is 3.22. The van der Waals surface area contributed by atoms with Crippen molar-refractivity contribution in [1.82, 2.24) is 0 Å². The normalized spacial score (nSPS) is 10.2. The molecule has 20 heavy (non-hydrogen) atoms. The Kier molecular flexibility index (Phi) is 4.74. The van der Waals surface area contributed by atoms with E-state index < -0.39 is 0 Å². The lowest BCUT2D eigenvalue weighted by atomic mass is 10.2. The fourth-order valence-electron chi connectivity index (χ4n) is 1.82. The highest BCUT2D eigenvalue weighted by Gasteiger charge is 2.08. The summed E-state index contributed by atoms with van der Waals surface area (Å²) in [5.41, 5.74) is 7.29. The lowest BCUT2D eigenvalue weighted by molar-refractivity contribution is 0.278. The SMILES string of the molecule is COc1ccc(Br)cc1COc1ccc(N)cc1OC. The molecular formula is C15H16BrNO3. The average molecular weight is 338 g/mol. The van der Waals surface area contributed by atoms with Crippen molar-refractivity contribution in [3.8, 4) is 17.2 Å². The average Bonchev–Trinajstić information content (AvgIpc) is 2.46. The minimum atomic E-state index is 0.378. The van der Waals surface area contributed by atoms with E-state index in [2.05, 4.69) is 15.9 Å². The minimum Gasteiger partial charge on any atom is -0.496 e. The molecule has 0 fully saturated rings. The maximum atomic E-state index is 5.79. The number of anilines is 1. The smallest absolute Gasteiger partial charge is 0.162 e. The van der Waals surface area contributed by atoms with Gasteiger partial charge in [-0.3, -0.25) is 0 Å². The van der Waals surface area contributed by atoms with E-state index in [1.54, 1.807) is 32.4 Å². The van der Waals surface area contributed by atoms with E-state index >= 15 is 0 Å². The zero-order chi connectivity index (χ0) is 14.5. The Balaban J connectivity index is 2.18. The van der Waals surface area contributed by atoms with E-state index in [1.807, 2.05) is 18.2 Å². The summed E-state index contributed by atoms with van der Waals surface area (Å²) in [5.74, 6) is 2.03. The molecule has 0 atom stereocenters. The van der Waals surface area contributed by atoms with Gasteiger partial charge in [-0.05, 0) is 30.3 Å². The summed E-state index contributed by atoms with van der Waals surface area (Å²) in [4.78, 5) is 0. The molecule has 0 amide bonds. The van der Waals surface area contributed by atoms with E-state index in [1.165, 1.54) is 0 Å². The third kappa shape index (κ3) is 3.36.